The second kappa shape index (κ2) is 10.2. The van der Waals surface area contributed by atoms with Crippen LogP contribution >= 0.6 is 0 Å². The zero-order chi connectivity index (χ0) is 21.6. The topological polar surface area (TPSA) is 64.8 Å². The van der Waals surface area contributed by atoms with Crippen molar-refractivity contribution >= 4 is 5.91 Å². The van der Waals surface area contributed by atoms with E-state index in [2.05, 4.69) is 10.1 Å². The Morgan fingerprint density at radius 1 is 1.00 bits per heavy atom. The third-order valence-electron chi connectivity index (χ3n) is 6.80. The summed E-state index contributed by atoms with van der Waals surface area (Å²) in [6.07, 6.45) is 11.7. The fourth-order valence-electron chi connectivity index (χ4n) is 5.09. The van der Waals surface area contributed by atoms with Crippen LogP contribution in [0.5, 0.6) is 11.5 Å². The normalized spacial score (nSPS) is 18.0. The van der Waals surface area contributed by atoms with Crippen LogP contribution in [0.1, 0.15) is 86.0 Å². The van der Waals surface area contributed by atoms with Crippen LogP contribution in [0.25, 0.3) is 0 Å². The number of carbonyl (C=O) groups is 1. The maximum absolute atomic E-state index is 13.8. The minimum absolute atomic E-state index is 0.00859. The standard InChI is InChI=1S/C25H34N2O4/c1-18-21(17-30-23-16-10-9-15-22(23)29-2)24(26-31-18)25(28)27(19-11-5-3-6-12-19)20-13-7-4-8-14-20/h9-10,15-16,19-20H,3-8,11-14,17H2,1-2H3. The molecular weight excluding hydrogens is 392 g/mol. The van der Waals surface area contributed by atoms with Crippen molar-refractivity contribution in [3.05, 3.63) is 41.3 Å². The minimum Gasteiger partial charge on any atom is -0.493 e. The molecule has 0 unspecified atom stereocenters. The minimum atomic E-state index is 0.00859. The van der Waals surface area contributed by atoms with Crippen molar-refractivity contribution in [2.75, 3.05) is 7.11 Å². The second-order valence-electron chi connectivity index (χ2n) is 8.80. The lowest BCUT2D eigenvalue weighted by Crippen LogP contribution is -2.49. The molecule has 1 amide bonds. The quantitative estimate of drug-likeness (QED) is 0.570. The van der Waals surface area contributed by atoms with E-state index >= 15 is 0 Å². The van der Waals surface area contributed by atoms with Crippen molar-refractivity contribution in [1.82, 2.24) is 10.1 Å². The summed E-state index contributed by atoms with van der Waals surface area (Å²) >= 11 is 0. The number of ether oxygens (including phenoxy) is 2. The number of hydrogen-bond donors (Lipinski definition) is 0. The molecule has 0 aliphatic heterocycles. The highest BCUT2D eigenvalue weighted by atomic mass is 16.5. The number of aryl methyl sites for hydroxylation is 1. The summed E-state index contributed by atoms with van der Waals surface area (Å²) in [6.45, 7) is 2.07. The Morgan fingerprint density at radius 2 is 1.58 bits per heavy atom. The van der Waals surface area contributed by atoms with Crippen molar-refractivity contribution < 1.29 is 18.8 Å². The Labute approximate surface area is 184 Å². The summed E-state index contributed by atoms with van der Waals surface area (Å²) in [5.74, 6) is 1.94. The maximum Gasteiger partial charge on any atom is 0.276 e. The molecule has 1 aromatic heterocycles. The fraction of sp³-hybridized carbons (Fsp3) is 0.600. The van der Waals surface area contributed by atoms with Gasteiger partial charge in [0.1, 0.15) is 12.4 Å². The molecule has 0 bridgehead atoms. The third-order valence-corrected chi connectivity index (χ3v) is 6.80. The number of amides is 1. The highest BCUT2D eigenvalue weighted by Gasteiger charge is 2.36. The summed E-state index contributed by atoms with van der Waals surface area (Å²) in [6, 6.07) is 8.14. The lowest BCUT2D eigenvalue weighted by Gasteiger charge is -2.41. The summed E-state index contributed by atoms with van der Waals surface area (Å²) in [4.78, 5) is 16.0. The molecule has 0 atom stereocenters. The molecule has 6 nitrogen and oxygen atoms in total. The first-order valence-electron chi connectivity index (χ1n) is 11.7. The largest absolute Gasteiger partial charge is 0.493 e. The van der Waals surface area contributed by atoms with E-state index in [1.54, 1.807) is 7.11 Å². The Balaban J connectivity index is 1.57. The van der Waals surface area contributed by atoms with Crippen LogP contribution in [0.2, 0.25) is 0 Å². The molecule has 4 rings (SSSR count). The number of para-hydroxylation sites is 2. The van der Waals surface area contributed by atoms with Gasteiger partial charge in [-0.25, -0.2) is 0 Å². The number of aromatic nitrogens is 1. The SMILES string of the molecule is COc1ccccc1OCc1c(C(=O)N(C2CCCCC2)C2CCCCC2)noc1C. The molecule has 1 aromatic carbocycles. The van der Waals surface area contributed by atoms with Gasteiger partial charge in [0.25, 0.3) is 5.91 Å². The van der Waals surface area contributed by atoms with Gasteiger partial charge in [-0.15, -0.1) is 0 Å². The number of methoxy groups -OCH3 is 1. The van der Waals surface area contributed by atoms with Crippen LogP contribution in [0.15, 0.2) is 28.8 Å². The smallest absolute Gasteiger partial charge is 0.276 e. The summed E-state index contributed by atoms with van der Waals surface area (Å²) in [5, 5.41) is 4.20. The molecule has 0 N–H and O–H groups in total. The van der Waals surface area contributed by atoms with E-state index in [0.717, 1.165) is 31.2 Å². The van der Waals surface area contributed by atoms with Crippen LogP contribution in [0.4, 0.5) is 0 Å². The van der Waals surface area contributed by atoms with E-state index in [4.69, 9.17) is 14.0 Å². The molecule has 0 saturated heterocycles. The monoisotopic (exact) mass is 426 g/mol. The third kappa shape index (κ3) is 4.89. The van der Waals surface area contributed by atoms with Gasteiger partial charge >= 0.3 is 0 Å². The van der Waals surface area contributed by atoms with Gasteiger partial charge < -0.3 is 18.9 Å². The first kappa shape index (κ1) is 21.7. The molecule has 2 aliphatic carbocycles. The highest BCUT2D eigenvalue weighted by Crippen LogP contribution is 2.33. The van der Waals surface area contributed by atoms with Crippen molar-refractivity contribution in [3.63, 3.8) is 0 Å². The van der Waals surface area contributed by atoms with E-state index in [0.29, 0.717) is 35.0 Å². The molecule has 0 spiro atoms. The van der Waals surface area contributed by atoms with Crippen LogP contribution < -0.4 is 9.47 Å². The Morgan fingerprint density at radius 3 is 2.16 bits per heavy atom. The van der Waals surface area contributed by atoms with Gasteiger partial charge in [-0.05, 0) is 44.7 Å². The number of rotatable bonds is 7. The molecule has 168 valence electrons. The van der Waals surface area contributed by atoms with Crippen molar-refractivity contribution in [1.29, 1.82) is 0 Å². The van der Waals surface area contributed by atoms with Gasteiger partial charge in [-0.2, -0.15) is 0 Å². The van der Waals surface area contributed by atoms with Crippen LogP contribution in [0, 0.1) is 6.92 Å². The van der Waals surface area contributed by atoms with Crippen molar-refractivity contribution in [2.45, 2.75) is 89.8 Å². The zero-order valence-electron chi connectivity index (χ0n) is 18.8. The Hall–Kier alpha value is -2.50. The maximum atomic E-state index is 13.8. The summed E-state index contributed by atoms with van der Waals surface area (Å²) in [7, 11) is 1.62. The van der Waals surface area contributed by atoms with E-state index in [1.165, 1.54) is 38.5 Å². The van der Waals surface area contributed by atoms with Gasteiger partial charge in [-0.1, -0.05) is 55.8 Å². The highest BCUT2D eigenvalue weighted by molar-refractivity contribution is 5.94. The van der Waals surface area contributed by atoms with Crippen molar-refractivity contribution in [2.24, 2.45) is 0 Å². The van der Waals surface area contributed by atoms with Crippen molar-refractivity contribution in [3.8, 4) is 11.5 Å². The molecule has 6 heteroatoms. The lowest BCUT2D eigenvalue weighted by atomic mass is 9.88. The van der Waals surface area contributed by atoms with Gasteiger partial charge in [0.2, 0.25) is 0 Å². The van der Waals surface area contributed by atoms with E-state index in [1.807, 2.05) is 31.2 Å². The number of benzene rings is 1. The summed E-state index contributed by atoms with van der Waals surface area (Å²) in [5.41, 5.74) is 1.14. The number of hydrogen-bond acceptors (Lipinski definition) is 5. The van der Waals surface area contributed by atoms with Gasteiger partial charge in [-0.3, -0.25) is 4.79 Å². The van der Waals surface area contributed by atoms with E-state index in [9.17, 15) is 4.79 Å². The van der Waals surface area contributed by atoms with Crippen LogP contribution in [-0.2, 0) is 6.61 Å². The second-order valence-corrected chi connectivity index (χ2v) is 8.80. The number of nitrogens with zero attached hydrogens (tertiary/aromatic N) is 2. The molecule has 2 fully saturated rings. The van der Waals surface area contributed by atoms with Gasteiger partial charge in [0.15, 0.2) is 17.2 Å². The summed E-state index contributed by atoms with van der Waals surface area (Å²) < 4.78 is 16.9. The first-order valence-corrected chi connectivity index (χ1v) is 11.7. The molecule has 2 aliphatic rings. The van der Waals surface area contributed by atoms with Gasteiger partial charge in [0.05, 0.1) is 12.7 Å². The predicted octanol–water partition coefficient (Wildman–Crippen LogP) is 5.68. The molecule has 0 radical (unpaired) electrons. The average Bonchev–Trinajstić information content (AvgIpc) is 3.19. The molecular formula is C25H34N2O4. The first-order chi connectivity index (χ1) is 15.2. The lowest BCUT2D eigenvalue weighted by molar-refractivity contribution is 0.0436. The average molecular weight is 427 g/mol. The fourth-order valence-corrected chi connectivity index (χ4v) is 5.09. The zero-order valence-corrected chi connectivity index (χ0v) is 18.8. The molecule has 2 saturated carbocycles. The van der Waals surface area contributed by atoms with Crippen LogP contribution in [0.3, 0.4) is 0 Å². The van der Waals surface area contributed by atoms with E-state index < -0.39 is 0 Å². The predicted molar refractivity (Wildman–Crippen MR) is 118 cm³/mol. The number of carbonyl (C=O) groups excluding carboxylic acids is 1. The Bertz CT molecular complexity index is 848. The molecule has 1 heterocycles. The van der Waals surface area contributed by atoms with Crippen LogP contribution in [-0.4, -0.2) is 35.2 Å². The molecule has 31 heavy (non-hydrogen) atoms. The van der Waals surface area contributed by atoms with E-state index in [-0.39, 0.29) is 12.5 Å². The molecule has 2 aromatic rings. The Kier molecular flexibility index (Phi) is 7.15. The van der Waals surface area contributed by atoms with Gasteiger partial charge in [0, 0.05) is 12.1 Å².